The summed E-state index contributed by atoms with van der Waals surface area (Å²) in [5.41, 5.74) is 9.90. The molecule has 10 rings (SSSR count). The molecule has 9 nitrogen and oxygen atoms in total. The van der Waals surface area contributed by atoms with Crippen LogP contribution in [0.2, 0.25) is 0 Å². The van der Waals surface area contributed by atoms with Crippen LogP contribution in [0.5, 0.6) is 40.2 Å². The van der Waals surface area contributed by atoms with E-state index in [1.54, 1.807) is 24.8 Å². The lowest BCUT2D eigenvalue weighted by atomic mass is 10.1. The number of rotatable bonds is 21. The predicted octanol–water partition coefficient (Wildman–Crippen LogP) is 14.3. The molecule has 2 heterocycles. The lowest BCUT2D eigenvalue weighted by molar-refractivity contribution is 0.273. The Hall–Kier alpha value is -10.2. The number of aromatic nitrogens is 2. The largest absolute Gasteiger partial charge is 0.489 e. The van der Waals surface area contributed by atoms with Crippen molar-refractivity contribution in [2.45, 2.75) is 46.2 Å². The van der Waals surface area contributed by atoms with Gasteiger partial charge in [-0.05, 0) is 118 Å². The molecule has 0 unspecified atom stereocenters. The van der Waals surface area contributed by atoms with Gasteiger partial charge in [-0.2, -0.15) is 0 Å². The summed E-state index contributed by atoms with van der Waals surface area (Å²) < 4.78 is 45.2. The fraction of sp³-hybridized carbons (Fsp3) is 0.101. The van der Waals surface area contributed by atoms with Crippen molar-refractivity contribution in [1.29, 1.82) is 0 Å². The van der Waals surface area contributed by atoms with Gasteiger partial charge in [0, 0.05) is 65.2 Å². The third-order valence-electron chi connectivity index (χ3n) is 12.0. The highest BCUT2D eigenvalue weighted by Crippen LogP contribution is 2.31. The number of hydrogen-bond acceptors (Lipinski definition) is 9. The zero-order chi connectivity index (χ0) is 52.8. The SMILES string of the molecule is C(#Cc1cc(C#Cc2ccncc2)cc(OCc2cc(OCc3cc(OCc4ccccc4)cc(OCc4ccccc4)c3)cc(OCc3cc(OCc4ccccc4)cc(OCc4ccccc4)c3)c2)c1)c1ccncc1. The van der Waals surface area contributed by atoms with Crippen molar-refractivity contribution >= 4 is 0 Å². The molecule has 382 valence electrons. The summed E-state index contributed by atoms with van der Waals surface area (Å²) in [6, 6.07) is 71.1. The first kappa shape index (κ1) is 51.3. The van der Waals surface area contributed by atoms with Crippen LogP contribution in [0.3, 0.4) is 0 Å². The van der Waals surface area contributed by atoms with Crippen molar-refractivity contribution in [3.63, 3.8) is 0 Å². The lowest BCUT2D eigenvalue weighted by Crippen LogP contribution is -2.04. The summed E-state index contributed by atoms with van der Waals surface area (Å²) in [7, 11) is 0. The standard InChI is InChI=1S/C69H54N2O7/c1-5-13-54(14-6-1)45-72-64-36-61(37-65(42-64)73-46-55-15-7-2-8-16-55)50-77-68-40-60(49-76-63-34-58(23-21-52-25-29-70-30-26-52)33-59(35-63)24-22-53-27-31-71-32-28-53)41-69(44-68)78-51-62-38-66(74-47-56-17-9-3-10-18-56)43-67(39-62)75-48-57-19-11-4-12-20-57/h1-20,25-44H,45-51H2. The fourth-order valence-corrected chi connectivity index (χ4v) is 8.09. The summed E-state index contributed by atoms with van der Waals surface area (Å²) in [6.07, 6.45) is 6.89. The minimum Gasteiger partial charge on any atom is -0.489 e. The summed E-state index contributed by atoms with van der Waals surface area (Å²) in [5, 5.41) is 0. The van der Waals surface area contributed by atoms with Crippen molar-refractivity contribution in [3.05, 3.63) is 304 Å². The van der Waals surface area contributed by atoms with Crippen LogP contribution >= 0.6 is 0 Å². The molecule has 0 spiro atoms. The minimum atomic E-state index is 0.173. The molecule has 0 saturated heterocycles. The molecule has 0 radical (unpaired) electrons. The highest BCUT2D eigenvalue weighted by molar-refractivity contribution is 5.53. The summed E-state index contributed by atoms with van der Waals surface area (Å²) in [6.45, 7) is 2.17. The van der Waals surface area contributed by atoms with Crippen molar-refractivity contribution in [3.8, 4) is 63.9 Å². The Balaban J connectivity index is 0.934. The van der Waals surface area contributed by atoms with E-state index >= 15 is 0 Å². The molecule has 0 saturated carbocycles. The van der Waals surface area contributed by atoms with Crippen molar-refractivity contribution in [2.24, 2.45) is 0 Å². The fourth-order valence-electron chi connectivity index (χ4n) is 8.09. The third-order valence-corrected chi connectivity index (χ3v) is 12.0. The van der Waals surface area contributed by atoms with E-state index in [9.17, 15) is 0 Å². The molecule has 78 heavy (non-hydrogen) atoms. The molecular formula is C69H54N2O7. The molecule has 0 bridgehead atoms. The molecule has 0 aliphatic rings. The van der Waals surface area contributed by atoms with E-state index in [1.165, 1.54) is 0 Å². The average molecular weight is 1020 g/mol. The van der Waals surface area contributed by atoms with E-state index in [4.69, 9.17) is 33.2 Å². The minimum absolute atomic E-state index is 0.173. The van der Waals surface area contributed by atoms with Gasteiger partial charge in [0.1, 0.15) is 86.5 Å². The summed E-state index contributed by atoms with van der Waals surface area (Å²) in [4.78, 5) is 8.26. The van der Waals surface area contributed by atoms with Gasteiger partial charge in [0.05, 0.1) is 0 Å². The molecular weight excluding hydrogens is 969 g/mol. The van der Waals surface area contributed by atoms with Crippen LogP contribution in [0.15, 0.2) is 243 Å². The van der Waals surface area contributed by atoms with Gasteiger partial charge in [-0.15, -0.1) is 0 Å². The average Bonchev–Trinajstić information content (AvgIpc) is 3.50. The van der Waals surface area contributed by atoms with Crippen LogP contribution in [0.25, 0.3) is 0 Å². The van der Waals surface area contributed by atoms with Crippen molar-refractivity contribution in [1.82, 2.24) is 9.97 Å². The first-order valence-corrected chi connectivity index (χ1v) is 25.5. The maximum absolute atomic E-state index is 6.65. The topological polar surface area (TPSA) is 90.4 Å². The Labute approximate surface area is 455 Å². The number of benzene rings is 8. The maximum atomic E-state index is 6.65. The Morgan fingerprint density at radius 2 is 0.449 bits per heavy atom. The summed E-state index contributed by atoms with van der Waals surface area (Å²) >= 11 is 0. The molecule has 0 aliphatic heterocycles. The van der Waals surface area contributed by atoms with Gasteiger partial charge in [-0.3, -0.25) is 9.97 Å². The number of pyridine rings is 2. The Bertz CT molecular complexity index is 3280. The normalized spacial score (nSPS) is 10.5. The molecule has 0 N–H and O–H groups in total. The van der Waals surface area contributed by atoms with Gasteiger partial charge in [0.15, 0.2) is 0 Å². The second-order valence-electron chi connectivity index (χ2n) is 18.1. The van der Waals surface area contributed by atoms with Gasteiger partial charge in [-0.25, -0.2) is 0 Å². The van der Waals surface area contributed by atoms with Crippen LogP contribution in [0, 0.1) is 23.7 Å². The first-order valence-electron chi connectivity index (χ1n) is 25.5. The van der Waals surface area contributed by atoms with Crippen molar-refractivity contribution in [2.75, 3.05) is 0 Å². The Morgan fingerprint density at radius 3 is 0.718 bits per heavy atom. The van der Waals surface area contributed by atoms with Crippen LogP contribution < -0.4 is 33.2 Å². The van der Waals surface area contributed by atoms with Crippen LogP contribution in [-0.4, -0.2) is 9.97 Å². The third kappa shape index (κ3) is 16.1. The lowest BCUT2D eigenvalue weighted by Gasteiger charge is -2.16. The van der Waals surface area contributed by atoms with E-state index in [1.807, 2.05) is 218 Å². The molecule has 10 aromatic rings. The first-order chi connectivity index (χ1) is 38.5. The zero-order valence-corrected chi connectivity index (χ0v) is 42.8. The Morgan fingerprint density at radius 1 is 0.218 bits per heavy atom. The maximum Gasteiger partial charge on any atom is 0.123 e. The van der Waals surface area contributed by atoms with Gasteiger partial charge in [-0.1, -0.05) is 145 Å². The van der Waals surface area contributed by atoms with Crippen LogP contribution in [-0.2, 0) is 46.2 Å². The van der Waals surface area contributed by atoms with Crippen molar-refractivity contribution < 1.29 is 33.2 Å². The Kier molecular flexibility index (Phi) is 17.6. The number of nitrogens with zero attached hydrogens (tertiary/aromatic N) is 2. The summed E-state index contributed by atoms with van der Waals surface area (Å²) in [5.74, 6) is 17.4. The quantitative estimate of drug-likeness (QED) is 0.0653. The van der Waals surface area contributed by atoms with E-state index in [-0.39, 0.29) is 19.8 Å². The van der Waals surface area contributed by atoms with Crippen LogP contribution in [0.4, 0.5) is 0 Å². The molecule has 9 heteroatoms. The van der Waals surface area contributed by atoms with E-state index in [0.717, 1.165) is 61.2 Å². The second kappa shape index (κ2) is 26.8. The highest BCUT2D eigenvalue weighted by Gasteiger charge is 2.12. The predicted molar refractivity (Wildman–Crippen MR) is 302 cm³/mol. The van der Waals surface area contributed by atoms with E-state index in [2.05, 4.69) is 33.6 Å². The van der Waals surface area contributed by atoms with E-state index in [0.29, 0.717) is 66.7 Å². The molecule has 8 aromatic carbocycles. The highest BCUT2D eigenvalue weighted by atomic mass is 16.5. The van der Waals surface area contributed by atoms with Gasteiger partial charge < -0.3 is 33.2 Å². The van der Waals surface area contributed by atoms with Gasteiger partial charge in [0.2, 0.25) is 0 Å². The second-order valence-corrected chi connectivity index (χ2v) is 18.1. The smallest absolute Gasteiger partial charge is 0.123 e. The molecule has 0 fully saturated rings. The molecule has 0 aliphatic carbocycles. The molecule has 2 aromatic heterocycles. The monoisotopic (exact) mass is 1020 g/mol. The number of hydrogen-bond donors (Lipinski definition) is 0. The number of ether oxygens (including phenoxy) is 7. The van der Waals surface area contributed by atoms with Gasteiger partial charge >= 0.3 is 0 Å². The zero-order valence-electron chi connectivity index (χ0n) is 42.8. The van der Waals surface area contributed by atoms with Gasteiger partial charge in [0.25, 0.3) is 0 Å². The molecule has 0 amide bonds. The van der Waals surface area contributed by atoms with Crippen LogP contribution in [0.1, 0.15) is 61.2 Å². The molecule has 0 atom stereocenters. The van der Waals surface area contributed by atoms with E-state index < -0.39 is 0 Å².